The lowest BCUT2D eigenvalue weighted by molar-refractivity contribution is -0.132. The third-order valence-electron chi connectivity index (χ3n) is 7.97. The van der Waals surface area contributed by atoms with Crippen molar-refractivity contribution in [2.45, 2.75) is 71.5 Å². The maximum absolute atomic E-state index is 13.6. The summed E-state index contributed by atoms with van der Waals surface area (Å²) in [4.78, 5) is 60.7. The van der Waals surface area contributed by atoms with Crippen LogP contribution in [0.4, 0.5) is 0 Å². The van der Waals surface area contributed by atoms with Gasteiger partial charge in [0.05, 0.1) is 26.8 Å². The molecular weight excluding hydrogens is 592 g/mol. The van der Waals surface area contributed by atoms with Crippen molar-refractivity contribution < 1.29 is 28.7 Å². The molecule has 46 heavy (non-hydrogen) atoms. The number of rotatable bonds is 8. The van der Waals surface area contributed by atoms with Crippen molar-refractivity contribution in [2.75, 3.05) is 54.5 Å². The van der Waals surface area contributed by atoms with Gasteiger partial charge in [-0.3, -0.25) is 19.2 Å². The molecule has 3 rings (SSSR count). The van der Waals surface area contributed by atoms with E-state index in [2.05, 4.69) is 21.0 Å². The largest absolute Gasteiger partial charge is 0.493 e. The van der Waals surface area contributed by atoms with Gasteiger partial charge < -0.3 is 35.2 Å². The van der Waals surface area contributed by atoms with E-state index < -0.39 is 12.1 Å². The van der Waals surface area contributed by atoms with E-state index in [1.54, 1.807) is 37.0 Å². The van der Waals surface area contributed by atoms with Crippen molar-refractivity contribution in [3.63, 3.8) is 0 Å². The number of fused-ring (bicyclic) bond motifs is 1. The van der Waals surface area contributed by atoms with Crippen LogP contribution in [0.15, 0.2) is 18.2 Å². The van der Waals surface area contributed by atoms with Gasteiger partial charge in [-0.2, -0.15) is 5.10 Å². The van der Waals surface area contributed by atoms with Gasteiger partial charge in [-0.05, 0) is 57.5 Å². The Bertz CT molecular complexity index is 1350. The lowest BCUT2D eigenvalue weighted by Crippen LogP contribution is -2.51. The second kappa shape index (κ2) is 17.5. The highest BCUT2D eigenvalue weighted by Crippen LogP contribution is 2.28. The number of benzene rings is 1. The first-order chi connectivity index (χ1) is 21.9. The molecule has 1 aliphatic heterocycles. The van der Waals surface area contributed by atoms with Crippen LogP contribution in [0.25, 0.3) is 0 Å². The Balaban J connectivity index is 1.90. The highest BCUT2D eigenvalue weighted by Gasteiger charge is 2.29. The quantitative estimate of drug-likeness (QED) is 0.386. The van der Waals surface area contributed by atoms with Crippen molar-refractivity contribution >= 4 is 23.6 Å². The van der Waals surface area contributed by atoms with Gasteiger partial charge in [0.25, 0.3) is 0 Å². The van der Waals surface area contributed by atoms with Gasteiger partial charge in [0.2, 0.25) is 23.6 Å². The number of carbonyl (C=O) groups excluding carboxylic acids is 4. The Morgan fingerprint density at radius 1 is 1.07 bits per heavy atom. The van der Waals surface area contributed by atoms with E-state index in [1.165, 1.54) is 4.68 Å². The second-order valence-corrected chi connectivity index (χ2v) is 12.0. The number of likely N-dealkylation sites (N-methyl/N-ethyl adjacent to an activating group) is 1. The van der Waals surface area contributed by atoms with Crippen LogP contribution in [-0.2, 0) is 32.1 Å². The van der Waals surface area contributed by atoms with E-state index in [1.807, 2.05) is 40.1 Å². The fourth-order valence-corrected chi connectivity index (χ4v) is 5.25. The minimum atomic E-state index is -0.767. The van der Waals surface area contributed by atoms with E-state index in [0.29, 0.717) is 68.5 Å². The average Bonchev–Trinajstić information content (AvgIpc) is 3.41. The molecule has 0 saturated heterocycles. The summed E-state index contributed by atoms with van der Waals surface area (Å²) in [5, 5.41) is 13.5. The third kappa shape index (κ3) is 10.4. The number of hydrogen-bond donors (Lipinski definition) is 3. The first kappa shape index (κ1) is 36.3. The molecule has 0 saturated carbocycles. The van der Waals surface area contributed by atoms with Crippen LogP contribution in [0, 0.1) is 5.92 Å². The van der Waals surface area contributed by atoms with Gasteiger partial charge in [0.1, 0.15) is 18.4 Å². The first-order valence-corrected chi connectivity index (χ1v) is 15.9. The molecule has 0 bridgehead atoms. The molecule has 14 nitrogen and oxygen atoms in total. The molecule has 254 valence electrons. The maximum Gasteiger partial charge on any atom is 0.243 e. The molecule has 0 aliphatic carbocycles. The number of ether oxygens (including phenoxy) is 2. The minimum absolute atomic E-state index is 0.0498. The van der Waals surface area contributed by atoms with E-state index in [9.17, 15) is 19.2 Å². The molecule has 4 amide bonds. The number of amides is 4. The molecule has 14 heteroatoms. The van der Waals surface area contributed by atoms with Gasteiger partial charge in [-0.1, -0.05) is 26.3 Å². The van der Waals surface area contributed by atoms with Crippen LogP contribution >= 0.6 is 0 Å². The lowest BCUT2D eigenvalue weighted by Gasteiger charge is -2.26. The molecule has 1 aromatic heterocycles. The summed E-state index contributed by atoms with van der Waals surface area (Å²) in [5.74, 6) is 1.00. The monoisotopic (exact) mass is 642 g/mol. The molecule has 2 heterocycles. The minimum Gasteiger partial charge on any atom is -0.493 e. The molecule has 1 aliphatic rings. The standard InChI is InChI=1S/C32H50N8O6/c1-8-21(2)30-32(44)34-22(3)31-35-26(18-23-12-13-24(45-6)25(17-23)46-7)37-40(31)19-28(42)33-14-10-16-39(29(43)20-38(4)5)15-9-11-27(41)36-30/h12-13,17,21-22,30H,8-11,14-16,18-20H2,1-7H3,(H,33,42)(H,34,44)(H,36,41)/t21-,22+,30-/m0/s1. The summed E-state index contributed by atoms with van der Waals surface area (Å²) in [6.07, 6.45) is 2.20. The first-order valence-electron chi connectivity index (χ1n) is 15.9. The normalized spacial score (nSPS) is 19.7. The Morgan fingerprint density at radius 3 is 2.46 bits per heavy atom. The number of nitrogens with zero attached hydrogens (tertiary/aromatic N) is 5. The van der Waals surface area contributed by atoms with Crippen LogP contribution in [-0.4, -0.2) is 109 Å². The zero-order chi connectivity index (χ0) is 33.8. The summed E-state index contributed by atoms with van der Waals surface area (Å²) in [7, 11) is 6.78. The van der Waals surface area contributed by atoms with E-state index in [-0.39, 0.29) is 49.1 Å². The maximum atomic E-state index is 13.6. The molecule has 3 N–H and O–H groups in total. The van der Waals surface area contributed by atoms with Gasteiger partial charge in [-0.15, -0.1) is 0 Å². The molecule has 0 unspecified atom stereocenters. The van der Waals surface area contributed by atoms with Crippen LogP contribution < -0.4 is 25.4 Å². The topological polar surface area (TPSA) is 160 Å². The summed E-state index contributed by atoms with van der Waals surface area (Å²) in [5.41, 5.74) is 0.876. The molecule has 0 spiro atoms. The molecule has 0 radical (unpaired) electrons. The highest BCUT2D eigenvalue weighted by atomic mass is 16.5. The summed E-state index contributed by atoms with van der Waals surface area (Å²) >= 11 is 0. The van der Waals surface area contributed by atoms with Crippen molar-refractivity contribution in [1.29, 1.82) is 0 Å². The van der Waals surface area contributed by atoms with Crippen molar-refractivity contribution in [1.82, 2.24) is 40.5 Å². The zero-order valence-corrected chi connectivity index (χ0v) is 28.2. The molecular formula is C32H50N8O6. The summed E-state index contributed by atoms with van der Waals surface area (Å²) < 4.78 is 12.3. The van der Waals surface area contributed by atoms with Crippen LogP contribution in [0.3, 0.4) is 0 Å². The fourth-order valence-electron chi connectivity index (χ4n) is 5.25. The molecule has 1 aromatic carbocycles. The molecule has 2 aromatic rings. The predicted octanol–water partition coefficient (Wildman–Crippen LogP) is 1.28. The third-order valence-corrected chi connectivity index (χ3v) is 7.97. The summed E-state index contributed by atoms with van der Waals surface area (Å²) in [6, 6.07) is 4.16. The van der Waals surface area contributed by atoms with Crippen LogP contribution in [0.5, 0.6) is 11.5 Å². The number of carbonyl (C=O) groups is 4. The van der Waals surface area contributed by atoms with Crippen molar-refractivity contribution in [2.24, 2.45) is 5.92 Å². The van der Waals surface area contributed by atoms with Crippen LogP contribution in [0.1, 0.15) is 69.7 Å². The van der Waals surface area contributed by atoms with Gasteiger partial charge in [-0.25, -0.2) is 9.67 Å². The average molecular weight is 643 g/mol. The van der Waals surface area contributed by atoms with Gasteiger partial charge in [0, 0.05) is 32.5 Å². The smallest absolute Gasteiger partial charge is 0.243 e. The molecule has 0 fully saturated rings. The fraction of sp³-hybridized carbons (Fsp3) is 0.625. The van der Waals surface area contributed by atoms with E-state index in [0.717, 1.165) is 5.56 Å². The van der Waals surface area contributed by atoms with E-state index >= 15 is 0 Å². The van der Waals surface area contributed by atoms with E-state index in [4.69, 9.17) is 14.5 Å². The Hall–Kier alpha value is -4.20. The number of methoxy groups -OCH3 is 2. The zero-order valence-electron chi connectivity index (χ0n) is 28.2. The number of aromatic nitrogens is 3. The van der Waals surface area contributed by atoms with Crippen LogP contribution in [0.2, 0.25) is 0 Å². The van der Waals surface area contributed by atoms with Crippen molar-refractivity contribution in [3.05, 3.63) is 35.4 Å². The second-order valence-electron chi connectivity index (χ2n) is 12.0. The predicted molar refractivity (Wildman–Crippen MR) is 172 cm³/mol. The SMILES string of the molecule is CC[C@H](C)[C@@H]1NC(=O)CCCN(C(=O)CN(C)C)CCCNC(=O)Cn2nc(Cc3ccc(OC)c(OC)c3)nc2[C@@H](C)NC1=O. The lowest BCUT2D eigenvalue weighted by atomic mass is 9.97. The van der Waals surface area contributed by atoms with Gasteiger partial charge >= 0.3 is 0 Å². The number of hydrogen-bond acceptors (Lipinski definition) is 9. The Morgan fingerprint density at radius 2 is 1.78 bits per heavy atom. The highest BCUT2D eigenvalue weighted by molar-refractivity contribution is 5.88. The Labute approximate surface area is 271 Å². The Kier molecular flexibility index (Phi) is 13.8. The van der Waals surface area contributed by atoms with Gasteiger partial charge in [0.15, 0.2) is 17.3 Å². The summed E-state index contributed by atoms with van der Waals surface area (Å²) in [6.45, 7) is 6.99. The molecule has 3 atom stereocenters. The van der Waals surface area contributed by atoms with Crippen molar-refractivity contribution in [3.8, 4) is 11.5 Å². The number of nitrogens with one attached hydrogen (secondary N) is 3.